The number of furan rings is 1. The zero-order valence-corrected chi connectivity index (χ0v) is 24.7. The number of halogens is 1. The summed E-state index contributed by atoms with van der Waals surface area (Å²) in [5.74, 6) is -0.564. The molecule has 3 aromatic carbocycles. The molecule has 1 saturated heterocycles. The predicted octanol–water partition coefficient (Wildman–Crippen LogP) is 6.19. The summed E-state index contributed by atoms with van der Waals surface area (Å²) in [5.41, 5.74) is 2.32. The third-order valence-electron chi connectivity index (χ3n) is 6.62. The summed E-state index contributed by atoms with van der Waals surface area (Å²) in [4.78, 5) is 44.4. The minimum atomic E-state index is -0.860. The van der Waals surface area contributed by atoms with E-state index in [9.17, 15) is 18.8 Å². The van der Waals surface area contributed by atoms with Crippen LogP contribution in [0.3, 0.4) is 0 Å². The highest BCUT2D eigenvalue weighted by Gasteiger charge is 2.39. The molecule has 4 aromatic rings. The molecule has 1 unspecified atom stereocenters. The van der Waals surface area contributed by atoms with Gasteiger partial charge in [-0.25, -0.2) is 14.2 Å². The van der Waals surface area contributed by atoms with Crippen molar-refractivity contribution in [2.75, 3.05) is 12.4 Å². The van der Waals surface area contributed by atoms with Crippen LogP contribution in [0.15, 0.2) is 101 Å². The Hall–Kier alpha value is -5.10. The number of amidine groups is 1. The number of hydrogen-bond donors (Lipinski definition) is 2. The Balaban J connectivity index is 1.24. The minimum Gasteiger partial charge on any atom is -0.494 e. The Bertz CT molecular complexity index is 1650. The van der Waals surface area contributed by atoms with Crippen LogP contribution < -0.4 is 15.4 Å². The van der Waals surface area contributed by atoms with E-state index < -0.39 is 29.1 Å². The molecule has 5 rings (SSSR count). The molecule has 12 heteroatoms. The number of carbonyl (C=O) groups excluding carboxylic acids is 3. The number of amides is 3. The van der Waals surface area contributed by atoms with Crippen molar-refractivity contribution in [2.45, 2.75) is 31.4 Å². The van der Waals surface area contributed by atoms with E-state index in [-0.39, 0.29) is 24.8 Å². The van der Waals surface area contributed by atoms with Gasteiger partial charge in [-0.3, -0.25) is 14.5 Å². The van der Waals surface area contributed by atoms with E-state index >= 15 is 0 Å². The van der Waals surface area contributed by atoms with Crippen LogP contribution in [0.25, 0.3) is 0 Å². The standard InChI is InChI=1S/C32H29FN4O6S/c1-20(34-32(40)43-19-21-7-4-3-5-8-21)29(38)35-23-12-10-22(11-13-23)28-30(39)37(18-25-9-6-16-42-25)31(44-28)36-24-14-15-27(41-2)26(33)17-24/h3-17,20,28H,18-19H2,1-2H3,(H,34,40)(H,35,38)/t20-,28?/m0/s1. The van der Waals surface area contributed by atoms with Gasteiger partial charge in [0.1, 0.15) is 23.7 Å². The molecule has 1 aliphatic rings. The molecule has 1 fully saturated rings. The van der Waals surface area contributed by atoms with Crippen LogP contribution in [0.5, 0.6) is 5.75 Å². The number of benzene rings is 3. The Morgan fingerprint density at radius 2 is 1.84 bits per heavy atom. The first-order valence-electron chi connectivity index (χ1n) is 13.6. The summed E-state index contributed by atoms with van der Waals surface area (Å²) >= 11 is 1.23. The molecule has 0 saturated carbocycles. The molecule has 0 radical (unpaired) electrons. The van der Waals surface area contributed by atoms with Gasteiger partial charge in [0.15, 0.2) is 16.7 Å². The maximum atomic E-state index is 14.3. The van der Waals surface area contributed by atoms with Crippen LogP contribution in [0.1, 0.15) is 29.1 Å². The number of hydrogen-bond acceptors (Lipinski definition) is 8. The van der Waals surface area contributed by atoms with Crippen molar-refractivity contribution in [1.29, 1.82) is 0 Å². The maximum absolute atomic E-state index is 14.3. The van der Waals surface area contributed by atoms with Crippen LogP contribution in [0, 0.1) is 5.82 Å². The van der Waals surface area contributed by atoms with Crippen LogP contribution in [0.2, 0.25) is 0 Å². The Labute approximate surface area is 257 Å². The molecule has 2 heterocycles. The topological polar surface area (TPSA) is 122 Å². The molecule has 2 atom stereocenters. The zero-order chi connectivity index (χ0) is 31.1. The molecule has 0 bridgehead atoms. The second-order valence-corrected chi connectivity index (χ2v) is 10.8. The normalized spacial score (nSPS) is 16.1. The van der Waals surface area contributed by atoms with Crippen molar-refractivity contribution in [3.63, 3.8) is 0 Å². The molecule has 3 amide bonds. The van der Waals surface area contributed by atoms with Crippen molar-refractivity contribution in [3.05, 3.63) is 114 Å². The van der Waals surface area contributed by atoms with Gasteiger partial charge in [-0.15, -0.1) is 0 Å². The van der Waals surface area contributed by atoms with E-state index in [1.54, 1.807) is 49.4 Å². The number of alkyl carbamates (subject to hydrolysis) is 1. The van der Waals surface area contributed by atoms with Crippen molar-refractivity contribution in [2.24, 2.45) is 4.99 Å². The van der Waals surface area contributed by atoms with E-state index in [0.29, 0.717) is 27.9 Å². The molecule has 2 N–H and O–H groups in total. The van der Waals surface area contributed by atoms with Gasteiger partial charge in [-0.2, -0.15) is 0 Å². The lowest BCUT2D eigenvalue weighted by Gasteiger charge is -2.16. The molecule has 10 nitrogen and oxygen atoms in total. The van der Waals surface area contributed by atoms with Gasteiger partial charge in [-0.1, -0.05) is 54.2 Å². The van der Waals surface area contributed by atoms with E-state index in [1.165, 1.54) is 42.2 Å². The SMILES string of the molecule is COc1ccc(N=C2SC(c3ccc(NC(=O)[C@H](C)NC(=O)OCc4ccccc4)cc3)C(=O)N2Cc2ccco2)cc1F. The van der Waals surface area contributed by atoms with Crippen LogP contribution in [-0.2, 0) is 27.5 Å². The second-order valence-electron chi connectivity index (χ2n) is 9.75. The number of methoxy groups -OCH3 is 1. The quantitative estimate of drug-likeness (QED) is 0.218. The Morgan fingerprint density at radius 3 is 2.52 bits per heavy atom. The van der Waals surface area contributed by atoms with Gasteiger partial charge in [0.2, 0.25) is 11.8 Å². The van der Waals surface area contributed by atoms with Crippen LogP contribution >= 0.6 is 11.8 Å². The predicted molar refractivity (Wildman–Crippen MR) is 164 cm³/mol. The first-order valence-corrected chi connectivity index (χ1v) is 14.5. The molecular formula is C32H29FN4O6S. The van der Waals surface area contributed by atoms with Gasteiger partial charge in [0.25, 0.3) is 0 Å². The van der Waals surface area contributed by atoms with Crippen molar-refractivity contribution >= 4 is 46.2 Å². The second kappa shape index (κ2) is 13.9. The third kappa shape index (κ3) is 7.45. The number of ether oxygens (including phenoxy) is 2. The van der Waals surface area contributed by atoms with Gasteiger partial charge in [0, 0.05) is 11.8 Å². The number of aliphatic imine (C=N–C) groups is 1. The largest absolute Gasteiger partial charge is 0.494 e. The van der Waals surface area contributed by atoms with Crippen LogP contribution in [-0.4, -0.2) is 41.1 Å². The lowest BCUT2D eigenvalue weighted by Crippen LogP contribution is -2.41. The fourth-order valence-electron chi connectivity index (χ4n) is 4.29. The summed E-state index contributed by atoms with van der Waals surface area (Å²) in [6, 6.07) is 23.0. The van der Waals surface area contributed by atoms with Crippen molar-refractivity contribution in [1.82, 2.24) is 10.2 Å². The lowest BCUT2D eigenvalue weighted by molar-refractivity contribution is -0.126. The van der Waals surface area contributed by atoms with Gasteiger partial charge in [-0.05, 0) is 54.4 Å². The third-order valence-corrected chi connectivity index (χ3v) is 7.85. The van der Waals surface area contributed by atoms with Gasteiger partial charge < -0.3 is 24.5 Å². The smallest absolute Gasteiger partial charge is 0.408 e. The molecular weight excluding hydrogens is 587 g/mol. The first-order chi connectivity index (χ1) is 21.3. The number of rotatable bonds is 10. The number of carbonyl (C=O) groups is 3. The van der Waals surface area contributed by atoms with Gasteiger partial charge in [0.05, 0.1) is 25.6 Å². The lowest BCUT2D eigenvalue weighted by atomic mass is 10.1. The molecule has 0 spiro atoms. The van der Waals surface area contributed by atoms with Crippen molar-refractivity contribution in [3.8, 4) is 5.75 Å². The van der Waals surface area contributed by atoms with Gasteiger partial charge >= 0.3 is 6.09 Å². The summed E-state index contributed by atoms with van der Waals surface area (Å²) in [5, 5.41) is 5.02. The molecule has 44 heavy (non-hydrogen) atoms. The fourth-order valence-corrected chi connectivity index (χ4v) is 5.46. The highest BCUT2D eigenvalue weighted by atomic mass is 32.2. The number of thioether (sulfide) groups is 1. The van der Waals surface area contributed by atoms with E-state index in [0.717, 1.165) is 5.56 Å². The summed E-state index contributed by atoms with van der Waals surface area (Å²) in [7, 11) is 1.38. The van der Waals surface area contributed by atoms with Crippen LogP contribution in [0.4, 0.5) is 20.6 Å². The Morgan fingerprint density at radius 1 is 1.07 bits per heavy atom. The van der Waals surface area contributed by atoms with E-state index in [1.807, 2.05) is 30.3 Å². The van der Waals surface area contributed by atoms with Crippen molar-refractivity contribution < 1.29 is 32.7 Å². The summed E-state index contributed by atoms with van der Waals surface area (Å²) in [6.45, 7) is 1.78. The zero-order valence-electron chi connectivity index (χ0n) is 23.9. The summed E-state index contributed by atoms with van der Waals surface area (Å²) < 4.78 is 29.9. The first kappa shape index (κ1) is 30.4. The highest BCUT2D eigenvalue weighted by molar-refractivity contribution is 8.15. The highest BCUT2D eigenvalue weighted by Crippen LogP contribution is 2.41. The molecule has 1 aliphatic heterocycles. The fraction of sp³-hybridized carbons (Fsp3) is 0.188. The maximum Gasteiger partial charge on any atom is 0.408 e. The monoisotopic (exact) mass is 616 g/mol. The average molecular weight is 617 g/mol. The minimum absolute atomic E-state index is 0.0860. The average Bonchev–Trinajstić information content (AvgIpc) is 3.65. The number of nitrogens with zero attached hydrogens (tertiary/aromatic N) is 2. The Kier molecular flexibility index (Phi) is 9.60. The van der Waals surface area contributed by atoms with E-state index in [2.05, 4.69) is 15.6 Å². The van der Waals surface area contributed by atoms with E-state index in [4.69, 9.17) is 13.9 Å². The number of anilines is 1. The molecule has 1 aromatic heterocycles. The number of nitrogens with one attached hydrogen (secondary N) is 2. The molecule has 0 aliphatic carbocycles. The summed E-state index contributed by atoms with van der Waals surface area (Å²) in [6.07, 6.45) is 0.810. The molecule has 226 valence electrons.